The highest BCUT2D eigenvalue weighted by Gasteiger charge is 2.34. The second-order valence-electron chi connectivity index (χ2n) is 6.02. The second-order valence-corrected chi connectivity index (χ2v) is 8.00. The van der Waals surface area contributed by atoms with Crippen molar-refractivity contribution in [2.24, 2.45) is 11.7 Å². The predicted molar refractivity (Wildman–Crippen MR) is 77.4 cm³/mol. The Bertz CT molecular complexity index is 391. The lowest BCUT2D eigenvalue weighted by Crippen LogP contribution is -2.57. The molecular formula is C13H27N3O2S. The molecule has 6 heteroatoms. The van der Waals surface area contributed by atoms with E-state index >= 15 is 0 Å². The molecule has 1 saturated carbocycles. The van der Waals surface area contributed by atoms with Gasteiger partial charge in [0, 0.05) is 38.3 Å². The van der Waals surface area contributed by atoms with E-state index in [1.54, 1.807) is 4.31 Å². The summed E-state index contributed by atoms with van der Waals surface area (Å²) < 4.78 is 24.6. The molecule has 0 aromatic rings. The smallest absolute Gasteiger partial charge is 0.211 e. The minimum absolute atomic E-state index is 0.257. The minimum Gasteiger partial charge on any atom is -0.326 e. The van der Waals surface area contributed by atoms with Crippen molar-refractivity contribution in [2.45, 2.75) is 44.7 Å². The zero-order chi connectivity index (χ0) is 14.0. The first-order valence-electron chi connectivity index (χ1n) is 7.36. The minimum atomic E-state index is -3.03. The number of piperazine rings is 1. The van der Waals surface area contributed by atoms with Gasteiger partial charge in [-0.15, -0.1) is 0 Å². The lowest BCUT2D eigenvalue weighted by atomic mass is 9.80. The quantitative estimate of drug-likeness (QED) is 0.820. The van der Waals surface area contributed by atoms with Gasteiger partial charge < -0.3 is 5.73 Å². The number of hydrogen-bond acceptors (Lipinski definition) is 4. The summed E-state index contributed by atoms with van der Waals surface area (Å²) in [6.45, 7) is 5.11. The van der Waals surface area contributed by atoms with Crippen molar-refractivity contribution in [1.82, 2.24) is 9.21 Å². The van der Waals surface area contributed by atoms with E-state index in [1.807, 2.05) is 0 Å². The molecule has 0 aromatic heterocycles. The van der Waals surface area contributed by atoms with Crippen LogP contribution in [0, 0.1) is 5.92 Å². The topological polar surface area (TPSA) is 66.6 Å². The summed E-state index contributed by atoms with van der Waals surface area (Å²) in [6, 6.07) is 0.702. The van der Waals surface area contributed by atoms with Crippen LogP contribution in [0.15, 0.2) is 0 Å². The average Bonchev–Trinajstić information content (AvgIpc) is 2.38. The summed E-state index contributed by atoms with van der Waals surface area (Å²) in [7, 11) is -3.03. The van der Waals surface area contributed by atoms with Crippen LogP contribution in [-0.2, 0) is 10.0 Å². The first-order valence-corrected chi connectivity index (χ1v) is 9.21. The number of nitrogens with two attached hydrogens (primary N) is 1. The van der Waals surface area contributed by atoms with E-state index in [0.29, 0.717) is 19.1 Å². The zero-order valence-electron chi connectivity index (χ0n) is 12.1. The van der Waals surface area contributed by atoms with E-state index < -0.39 is 10.0 Å². The first kappa shape index (κ1) is 15.2. The van der Waals surface area contributed by atoms with Crippen LogP contribution in [0.3, 0.4) is 0 Å². The van der Waals surface area contributed by atoms with E-state index in [9.17, 15) is 8.42 Å². The van der Waals surface area contributed by atoms with Gasteiger partial charge in [0.05, 0.1) is 6.26 Å². The molecule has 1 heterocycles. The standard InChI is InChI=1S/C13H27N3O2S/c1-3-11-4-5-12(14)13(10-11)15-6-8-16(9-7-15)19(2,17)18/h11-13H,3-10,14H2,1-2H3. The predicted octanol–water partition coefficient (Wildman–Crippen LogP) is 0.470. The lowest BCUT2D eigenvalue weighted by Gasteiger charge is -2.44. The maximum atomic E-state index is 11.5. The number of nitrogens with zero attached hydrogens (tertiary/aromatic N) is 2. The maximum Gasteiger partial charge on any atom is 0.211 e. The third kappa shape index (κ3) is 3.68. The van der Waals surface area contributed by atoms with Crippen molar-refractivity contribution >= 4 is 10.0 Å². The molecule has 1 aliphatic heterocycles. The van der Waals surface area contributed by atoms with E-state index in [1.165, 1.54) is 25.5 Å². The van der Waals surface area contributed by atoms with Crippen LogP contribution < -0.4 is 5.73 Å². The molecule has 0 spiro atoms. The van der Waals surface area contributed by atoms with E-state index in [0.717, 1.165) is 25.4 Å². The first-order chi connectivity index (χ1) is 8.91. The Morgan fingerprint density at radius 1 is 1.16 bits per heavy atom. The molecule has 2 rings (SSSR count). The summed E-state index contributed by atoms with van der Waals surface area (Å²) in [6.07, 6.45) is 6.05. The number of rotatable bonds is 3. The lowest BCUT2D eigenvalue weighted by molar-refractivity contribution is 0.0791. The van der Waals surface area contributed by atoms with Gasteiger partial charge in [0.2, 0.25) is 10.0 Å². The van der Waals surface area contributed by atoms with Gasteiger partial charge in [0.15, 0.2) is 0 Å². The van der Waals surface area contributed by atoms with Crippen LogP contribution >= 0.6 is 0 Å². The Morgan fingerprint density at radius 3 is 2.32 bits per heavy atom. The highest BCUT2D eigenvalue weighted by molar-refractivity contribution is 7.88. The third-order valence-electron chi connectivity index (χ3n) is 4.77. The van der Waals surface area contributed by atoms with Crippen molar-refractivity contribution in [1.29, 1.82) is 0 Å². The second kappa shape index (κ2) is 6.08. The van der Waals surface area contributed by atoms with E-state index in [-0.39, 0.29) is 6.04 Å². The van der Waals surface area contributed by atoms with Crippen molar-refractivity contribution < 1.29 is 8.42 Å². The largest absolute Gasteiger partial charge is 0.326 e. The Labute approximate surface area is 117 Å². The molecule has 5 nitrogen and oxygen atoms in total. The van der Waals surface area contributed by atoms with Crippen LogP contribution in [0.2, 0.25) is 0 Å². The molecule has 3 unspecified atom stereocenters. The Morgan fingerprint density at radius 2 is 1.79 bits per heavy atom. The van der Waals surface area contributed by atoms with Gasteiger partial charge in [-0.1, -0.05) is 13.3 Å². The highest BCUT2D eigenvalue weighted by Crippen LogP contribution is 2.29. The molecule has 0 aromatic carbocycles. The van der Waals surface area contributed by atoms with Crippen LogP contribution in [0.1, 0.15) is 32.6 Å². The van der Waals surface area contributed by atoms with Crippen molar-refractivity contribution in [2.75, 3.05) is 32.4 Å². The molecule has 2 fully saturated rings. The summed E-state index contributed by atoms with van der Waals surface area (Å²) in [5.74, 6) is 0.790. The normalized spacial score (nSPS) is 35.4. The van der Waals surface area contributed by atoms with Gasteiger partial charge in [-0.2, -0.15) is 4.31 Å². The SMILES string of the molecule is CCC1CCC(N)C(N2CCN(S(C)(=O)=O)CC2)C1. The third-order valence-corrected chi connectivity index (χ3v) is 6.07. The Balaban J connectivity index is 1.93. The molecule has 112 valence electrons. The molecule has 3 atom stereocenters. The van der Waals surface area contributed by atoms with Gasteiger partial charge in [-0.05, 0) is 25.2 Å². The Hall–Kier alpha value is -0.170. The fourth-order valence-corrected chi connectivity index (χ4v) is 4.24. The summed E-state index contributed by atoms with van der Waals surface area (Å²) >= 11 is 0. The Kier molecular flexibility index (Phi) is 4.87. The molecule has 2 N–H and O–H groups in total. The van der Waals surface area contributed by atoms with Crippen LogP contribution in [0.4, 0.5) is 0 Å². The summed E-state index contributed by atoms with van der Waals surface area (Å²) in [4.78, 5) is 2.41. The summed E-state index contributed by atoms with van der Waals surface area (Å²) in [5, 5.41) is 0. The van der Waals surface area contributed by atoms with Gasteiger partial charge in [-0.25, -0.2) is 8.42 Å². The fraction of sp³-hybridized carbons (Fsp3) is 1.00. The fourth-order valence-electron chi connectivity index (χ4n) is 3.41. The van der Waals surface area contributed by atoms with Gasteiger partial charge in [0.1, 0.15) is 0 Å². The molecule has 1 saturated heterocycles. The molecule has 0 amide bonds. The van der Waals surface area contributed by atoms with Gasteiger partial charge in [0.25, 0.3) is 0 Å². The molecule has 2 aliphatic rings. The highest BCUT2D eigenvalue weighted by atomic mass is 32.2. The van der Waals surface area contributed by atoms with Gasteiger partial charge in [-0.3, -0.25) is 4.90 Å². The van der Waals surface area contributed by atoms with Crippen molar-refractivity contribution in [3.05, 3.63) is 0 Å². The average molecular weight is 289 g/mol. The van der Waals surface area contributed by atoms with Gasteiger partial charge >= 0.3 is 0 Å². The van der Waals surface area contributed by atoms with E-state index in [2.05, 4.69) is 11.8 Å². The maximum absolute atomic E-state index is 11.5. The van der Waals surface area contributed by atoms with E-state index in [4.69, 9.17) is 5.73 Å². The summed E-state index contributed by atoms with van der Waals surface area (Å²) in [5.41, 5.74) is 6.27. The van der Waals surface area contributed by atoms with Crippen LogP contribution in [0.25, 0.3) is 0 Å². The number of sulfonamides is 1. The molecular weight excluding hydrogens is 262 g/mol. The molecule has 0 bridgehead atoms. The van der Waals surface area contributed by atoms with Crippen LogP contribution in [0.5, 0.6) is 0 Å². The van der Waals surface area contributed by atoms with Crippen LogP contribution in [-0.4, -0.2) is 62.1 Å². The number of hydrogen-bond donors (Lipinski definition) is 1. The monoisotopic (exact) mass is 289 g/mol. The molecule has 19 heavy (non-hydrogen) atoms. The molecule has 0 radical (unpaired) electrons. The zero-order valence-corrected chi connectivity index (χ0v) is 12.9. The molecule has 1 aliphatic carbocycles. The van der Waals surface area contributed by atoms with Crippen molar-refractivity contribution in [3.63, 3.8) is 0 Å². The van der Waals surface area contributed by atoms with Crippen molar-refractivity contribution in [3.8, 4) is 0 Å².